The van der Waals surface area contributed by atoms with Crippen molar-refractivity contribution in [2.24, 2.45) is 5.41 Å². The van der Waals surface area contributed by atoms with Gasteiger partial charge in [0.25, 0.3) is 0 Å². The van der Waals surface area contributed by atoms with Crippen LogP contribution in [0, 0.1) is 5.41 Å². The molecular formula is C26H27NO6S. The van der Waals surface area contributed by atoms with Crippen molar-refractivity contribution in [3.63, 3.8) is 0 Å². The highest BCUT2D eigenvalue weighted by Crippen LogP contribution is 2.47. The molecule has 1 aromatic heterocycles. The van der Waals surface area contributed by atoms with Gasteiger partial charge in [-0.1, -0.05) is 26.0 Å². The lowest BCUT2D eigenvalue weighted by molar-refractivity contribution is -0.136. The van der Waals surface area contributed by atoms with Gasteiger partial charge in [0.05, 0.1) is 19.8 Å². The van der Waals surface area contributed by atoms with Crippen molar-refractivity contribution in [2.45, 2.75) is 39.5 Å². The molecule has 7 nitrogen and oxygen atoms in total. The third kappa shape index (κ3) is 4.37. The minimum absolute atomic E-state index is 0.00943. The maximum Gasteiger partial charge on any atom is 0.353 e. The Labute approximate surface area is 202 Å². The smallest absolute Gasteiger partial charge is 0.353 e. The third-order valence-corrected chi connectivity index (χ3v) is 6.94. The Morgan fingerprint density at radius 2 is 1.85 bits per heavy atom. The molecule has 0 saturated carbocycles. The van der Waals surface area contributed by atoms with Crippen LogP contribution in [-0.4, -0.2) is 31.9 Å². The lowest BCUT2D eigenvalue weighted by Crippen LogP contribution is -2.38. The number of dihydropyridines is 1. The number of thiophene rings is 1. The Morgan fingerprint density at radius 1 is 1.09 bits per heavy atom. The number of hydrogen-bond acceptors (Lipinski definition) is 8. The van der Waals surface area contributed by atoms with Crippen LogP contribution >= 0.6 is 11.3 Å². The van der Waals surface area contributed by atoms with E-state index in [9.17, 15) is 14.4 Å². The van der Waals surface area contributed by atoms with Crippen LogP contribution in [0.2, 0.25) is 0 Å². The molecule has 1 aromatic carbocycles. The molecule has 178 valence electrons. The fraction of sp³-hybridized carbons (Fsp3) is 0.346. The molecule has 1 N–H and O–H groups in total. The minimum atomic E-state index is -0.622. The molecule has 0 amide bonds. The molecule has 2 heterocycles. The number of rotatable bonds is 5. The number of esters is 2. The van der Waals surface area contributed by atoms with Gasteiger partial charge in [0.2, 0.25) is 0 Å². The van der Waals surface area contributed by atoms with Gasteiger partial charge in [0, 0.05) is 29.3 Å². The Balaban J connectivity index is 1.79. The molecule has 2 aromatic rings. The molecule has 0 radical (unpaired) electrons. The maximum atomic E-state index is 13.3. The Morgan fingerprint density at radius 3 is 2.50 bits per heavy atom. The van der Waals surface area contributed by atoms with E-state index in [1.165, 1.54) is 25.6 Å². The zero-order valence-electron chi connectivity index (χ0n) is 19.8. The standard InChI is InChI=1S/C26H27NO6S/c1-14-21(25(30)32-5)22(23-16(27-14)12-26(2,3)13-17(23)28)15-8-9-18(19(11-15)31-4)33-24(29)20-7-6-10-34-20/h6-11,22,27H,12-13H2,1-5H3/t22-/m1/s1. The monoisotopic (exact) mass is 481 g/mol. The molecule has 0 unspecified atom stereocenters. The number of methoxy groups -OCH3 is 2. The summed E-state index contributed by atoms with van der Waals surface area (Å²) in [4.78, 5) is 39.1. The second kappa shape index (κ2) is 9.10. The topological polar surface area (TPSA) is 90.9 Å². The molecule has 0 saturated heterocycles. The van der Waals surface area contributed by atoms with Crippen molar-refractivity contribution in [2.75, 3.05) is 14.2 Å². The first-order valence-corrected chi connectivity index (χ1v) is 11.8. The van der Waals surface area contributed by atoms with Gasteiger partial charge < -0.3 is 19.5 Å². The number of allylic oxidation sites excluding steroid dienone is 3. The highest BCUT2D eigenvalue weighted by atomic mass is 32.1. The van der Waals surface area contributed by atoms with E-state index < -0.39 is 17.9 Å². The number of carbonyl (C=O) groups is 3. The Hall–Kier alpha value is -3.39. The van der Waals surface area contributed by atoms with Gasteiger partial charge in [-0.25, -0.2) is 9.59 Å². The highest BCUT2D eigenvalue weighted by molar-refractivity contribution is 7.12. The molecule has 8 heteroatoms. The quantitative estimate of drug-likeness (QED) is 0.487. The van der Waals surface area contributed by atoms with Crippen LogP contribution in [0.1, 0.15) is 54.8 Å². The molecule has 0 spiro atoms. The number of nitrogens with one attached hydrogen (secondary N) is 1. The molecule has 2 aliphatic rings. The number of hydrogen-bond donors (Lipinski definition) is 1. The van der Waals surface area contributed by atoms with Gasteiger partial charge in [-0.05, 0) is 47.9 Å². The highest BCUT2D eigenvalue weighted by Gasteiger charge is 2.43. The molecule has 0 bridgehead atoms. The molecule has 0 fully saturated rings. The molecule has 1 aliphatic heterocycles. The number of carbonyl (C=O) groups excluding carboxylic acids is 3. The summed E-state index contributed by atoms with van der Waals surface area (Å²) in [6, 6.07) is 8.55. The second-order valence-corrected chi connectivity index (χ2v) is 10.1. The lowest BCUT2D eigenvalue weighted by atomic mass is 9.68. The minimum Gasteiger partial charge on any atom is -0.493 e. The van der Waals surface area contributed by atoms with Gasteiger partial charge in [0.1, 0.15) is 4.88 Å². The number of benzene rings is 1. The van der Waals surface area contributed by atoms with E-state index in [1.54, 1.807) is 35.7 Å². The fourth-order valence-electron chi connectivity index (χ4n) is 4.64. The fourth-order valence-corrected chi connectivity index (χ4v) is 5.24. The van der Waals surface area contributed by atoms with Crippen LogP contribution < -0.4 is 14.8 Å². The predicted molar refractivity (Wildman–Crippen MR) is 128 cm³/mol. The van der Waals surface area contributed by atoms with Gasteiger partial charge in [-0.15, -0.1) is 11.3 Å². The number of Topliss-reactive ketones (excluding diaryl/α,β-unsaturated/α-hetero) is 1. The summed E-state index contributed by atoms with van der Waals surface area (Å²) in [5.74, 6) is -1.04. The molecule has 4 rings (SSSR count). The molecular weight excluding hydrogens is 454 g/mol. The average molecular weight is 482 g/mol. The molecule has 1 aliphatic carbocycles. The zero-order valence-corrected chi connectivity index (χ0v) is 20.6. The maximum absolute atomic E-state index is 13.3. The number of ketones is 1. The predicted octanol–water partition coefficient (Wildman–Crippen LogP) is 4.75. The van der Waals surface area contributed by atoms with Crippen LogP contribution in [0.25, 0.3) is 0 Å². The summed E-state index contributed by atoms with van der Waals surface area (Å²) in [6.07, 6.45) is 1.06. The SMILES string of the molecule is COC(=O)C1=C(C)NC2=C(C(=O)CC(C)(C)C2)[C@@H]1c1ccc(OC(=O)c2cccs2)c(OC)c1. The van der Waals surface area contributed by atoms with Crippen molar-refractivity contribution in [3.8, 4) is 11.5 Å². The zero-order chi connectivity index (χ0) is 24.6. The second-order valence-electron chi connectivity index (χ2n) is 9.20. The van der Waals surface area contributed by atoms with E-state index in [1.807, 2.05) is 6.92 Å². The van der Waals surface area contributed by atoms with E-state index in [0.29, 0.717) is 45.9 Å². The van der Waals surface area contributed by atoms with Crippen molar-refractivity contribution >= 4 is 29.1 Å². The van der Waals surface area contributed by atoms with Crippen LogP contribution in [0.3, 0.4) is 0 Å². The summed E-state index contributed by atoms with van der Waals surface area (Å²) in [6.45, 7) is 5.92. The average Bonchev–Trinajstić information content (AvgIpc) is 3.32. The summed E-state index contributed by atoms with van der Waals surface area (Å²) in [5, 5.41) is 5.09. The van der Waals surface area contributed by atoms with Crippen LogP contribution in [0.4, 0.5) is 0 Å². The summed E-state index contributed by atoms with van der Waals surface area (Å²) < 4.78 is 16.1. The molecule has 1 atom stereocenters. The third-order valence-electron chi connectivity index (χ3n) is 6.09. The van der Waals surface area contributed by atoms with Crippen LogP contribution in [-0.2, 0) is 14.3 Å². The first-order valence-electron chi connectivity index (χ1n) is 10.9. The summed E-state index contributed by atoms with van der Waals surface area (Å²) in [7, 11) is 2.80. The first-order chi connectivity index (χ1) is 16.1. The van der Waals surface area contributed by atoms with Crippen molar-refractivity contribution in [3.05, 3.63) is 68.7 Å². The molecule has 34 heavy (non-hydrogen) atoms. The van der Waals surface area contributed by atoms with Gasteiger partial charge in [-0.2, -0.15) is 0 Å². The Kier molecular flexibility index (Phi) is 6.36. The van der Waals surface area contributed by atoms with Crippen molar-refractivity contribution in [1.29, 1.82) is 0 Å². The normalized spacial score (nSPS) is 19.3. The van der Waals surface area contributed by atoms with E-state index in [0.717, 1.165) is 5.70 Å². The Bertz CT molecular complexity index is 1220. The van der Waals surface area contributed by atoms with Crippen molar-refractivity contribution in [1.82, 2.24) is 5.32 Å². The summed E-state index contributed by atoms with van der Waals surface area (Å²) in [5.41, 5.74) is 2.90. The largest absolute Gasteiger partial charge is 0.493 e. The van der Waals surface area contributed by atoms with E-state index in [4.69, 9.17) is 14.2 Å². The van der Waals surface area contributed by atoms with E-state index >= 15 is 0 Å². The van der Waals surface area contributed by atoms with E-state index in [2.05, 4.69) is 19.2 Å². The van der Waals surface area contributed by atoms with Gasteiger partial charge in [-0.3, -0.25) is 4.79 Å². The van der Waals surface area contributed by atoms with Crippen molar-refractivity contribution < 1.29 is 28.6 Å². The summed E-state index contributed by atoms with van der Waals surface area (Å²) >= 11 is 1.28. The van der Waals surface area contributed by atoms with Gasteiger partial charge >= 0.3 is 11.9 Å². The van der Waals surface area contributed by atoms with Crippen LogP contribution in [0.5, 0.6) is 11.5 Å². The van der Waals surface area contributed by atoms with Gasteiger partial charge in [0.15, 0.2) is 17.3 Å². The number of ether oxygens (including phenoxy) is 3. The lowest BCUT2D eigenvalue weighted by Gasteiger charge is -2.39. The van der Waals surface area contributed by atoms with Crippen LogP contribution in [0.15, 0.2) is 58.3 Å². The first kappa shape index (κ1) is 23.8. The van der Waals surface area contributed by atoms with E-state index in [-0.39, 0.29) is 16.9 Å².